The van der Waals surface area contributed by atoms with Crippen molar-refractivity contribution >= 4 is 11.7 Å². The predicted molar refractivity (Wildman–Crippen MR) is 101 cm³/mol. The largest absolute Gasteiger partial charge is 0.394 e. The lowest BCUT2D eigenvalue weighted by Gasteiger charge is -2.49. The maximum atomic E-state index is 14.2. The average Bonchev–Trinajstić information content (AvgIpc) is 3.07. The second-order valence-electron chi connectivity index (χ2n) is 10.2. The number of carbonyl (C=O) groups is 2. The van der Waals surface area contributed by atoms with Crippen LogP contribution in [0.2, 0.25) is 0 Å². The van der Waals surface area contributed by atoms with Crippen molar-refractivity contribution in [2.45, 2.75) is 58.0 Å². The van der Waals surface area contributed by atoms with Crippen molar-refractivity contribution in [1.29, 1.82) is 0 Å². The molecule has 0 aromatic carbocycles. The minimum Gasteiger partial charge on any atom is -0.394 e. The van der Waals surface area contributed by atoms with Crippen molar-refractivity contribution < 1.29 is 24.5 Å². The van der Waals surface area contributed by atoms with E-state index in [1.54, 1.807) is 7.05 Å². The highest BCUT2D eigenvalue weighted by molar-refractivity contribution is 6.14. The number of Topliss-reactive ketones (excluding diaryl/α,β-unsaturated/α-hetero) is 1. The lowest BCUT2D eigenvalue weighted by atomic mass is 9.55. The second kappa shape index (κ2) is 5.46. The second-order valence-corrected chi connectivity index (χ2v) is 10.2. The van der Waals surface area contributed by atoms with Crippen LogP contribution in [0.5, 0.6) is 0 Å². The van der Waals surface area contributed by atoms with Crippen molar-refractivity contribution in [3.8, 4) is 0 Å². The van der Waals surface area contributed by atoms with E-state index in [2.05, 4.69) is 19.1 Å². The van der Waals surface area contributed by atoms with Gasteiger partial charge in [0.05, 0.1) is 12.7 Å². The minimum absolute atomic E-state index is 0.131. The number of ether oxygens (including phenoxy) is 1. The monoisotopic (exact) mass is 389 g/mol. The van der Waals surface area contributed by atoms with Gasteiger partial charge in [-0.15, -0.1) is 0 Å². The van der Waals surface area contributed by atoms with E-state index in [0.29, 0.717) is 11.8 Å². The third-order valence-corrected chi connectivity index (χ3v) is 9.11. The van der Waals surface area contributed by atoms with Gasteiger partial charge in [0, 0.05) is 18.4 Å². The molecule has 2 N–H and O–H groups in total. The molecule has 0 aromatic heterocycles. The van der Waals surface area contributed by atoms with Crippen molar-refractivity contribution in [2.75, 3.05) is 13.7 Å². The average molecular weight is 389 g/mol. The van der Waals surface area contributed by atoms with Gasteiger partial charge in [0.15, 0.2) is 11.2 Å². The Kier molecular flexibility index (Phi) is 3.66. The summed E-state index contributed by atoms with van der Waals surface area (Å²) < 4.78 is 5.97. The summed E-state index contributed by atoms with van der Waals surface area (Å²) >= 11 is 0. The fourth-order valence-corrected chi connectivity index (χ4v) is 7.91. The van der Waals surface area contributed by atoms with Crippen molar-refractivity contribution in [1.82, 2.24) is 4.90 Å². The lowest BCUT2D eigenvalue weighted by Crippen LogP contribution is -2.58. The fraction of sp³-hybridized carbons (Fsp3) is 0.818. The summed E-state index contributed by atoms with van der Waals surface area (Å²) in [4.78, 5) is 29.1. The van der Waals surface area contributed by atoms with Crippen molar-refractivity contribution in [3.63, 3.8) is 0 Å². The van der Waals surface area contributed by atoms with Crippen molar-refractivity contribution in [3.05, 3.63) is 12.2 Å². The molecule has 3 aliphatic carbocycles. The zero-order valence-electron chi connectivity index (χ0n) is 17.1. The lowest BCUT2D eigenvalue weighted by molar-refractivity contribution is -0.240. The van der Waals surface area contributed by atoms with Gasteiger partial charge >= 0.3 is 0 Å². The molecule has 6 nitrogen and oxygen atoms in total. The quantitative estimate of drug-likeness (QED) is 0.522. The highest BCUT2D eigenvalue weighted by Gasteiger charge is 2.87. The molecule has 6 heteroatoms. The highest BCUT2D eigenvalue weighted by atomic mass is 16.6. The van der Waals surface area contributed by atoms with E-state index in [1.165, 1.54) is 4.90 Å². The van der Waals surface area contributed by atoms with Crippen LogP contribution in [-0.4, -0.2) is 58.4 Å². The Balaban J connectivity index is 1.71. The number of amides is 1. The van der Waals surface area contributed by atoms with E-state index in [0.717, 1.165) is 19.3 Å². The summed E-state index contributed by atoms with van der Waals surface area (Å²) in [6.45, 7) is 5.70. The maximum absolute atomic E-state index is 14.2. The summed E-state index contributed by atoms with van der Waals surface area (Å²) in [5.74, 6) is -1.89. The fourth-order valence-electron chi connectivity index (χ4n) is 7.91. The molecule has 2 saturated heterocycles. The van der Waals surface area contributed by atoms with E-state index in [9.17, 15) is 19.8 Å². The number of fused-ring (bicyclic) bond motifs is 4. The maximum Gasteiger partial charge on any atom is 0.242 e. The molecule has 154 valence electrons. The molecule has 2 heterocycles. The molecule has 2 saturated carbocycles. The molecule has 0 bridgehead atoms. The van der Waals surface area contributed by atoms with Gasteiger partial charge in [-0.2, -0.15) is 0 Å². The molecule has 4 fully saturated rings. The first-order valence-corrected chi connectivity index (χ1v) is 10.7. The van der Waals surface area contributed by atoms with Crippen LogP contribution in [0.1, 0.15) is 40.0 Å². The van der Waals surface area contributed by atoms with Crippen LogP contribution >= 0.6 is 0 Å². The third-order valence-electron chi connectivity index (χ3n) is 9.11. The van der Waals surface area contributed by atoms with Crippen LogP contribution in [0.25, 0.3) is 0 Å². The summed E-state index contributed by atoms with van der Waals surface area (Å²) in [5, 5.41) is 21.6. The van der Waals surface area contributed by atoms with E-state index >= 15 is 0 Å². The van der Waals surface area contributed by atoms with Crippen LogP contribution < -0.4 is 0 Å². The van der Waals surface area contributed by atoms with Gasteiger partial charge in [0.2, 0.25) is 11.7 Å². The van der Waals surface area contributed by atoms with Crippen LogP contribution in [0.15, 0.2) is 12.2 Å². The number of aliphatic hydroxyl groups excluding tert-OH is 1. The summed E-state index contributed by atoms with van der Waals surface area (Å²) in [6, 6.07) is -0.925. The molecule has 0 unspecified atom stereocenters. The van der Waals surface area contributed by atoms with Gasteiger partial charge in [0.25, 0.3) is 0 Å². The number of rotatable bonds is 1. The molecular weight excluding hydrogens is 358 g/mol. The molecule has 28 heavy (non-hydrogen) atoms. The topological polar surface area (TPSA) is 87.1 Å². The Labute approximate surface area is 165 Å². The zero-order valence-corrected chi connectivity index (χ0v) is 17.1. The van der Waals surface area contributed by atoms with Gasteiger partial charge in [-0.05, 0) is 43.4 Å². The first-order valence-electron chi connectivity index (χ1n) is 10.7. The minimum atomic E-state index is -1.97. The van der Waals surface area contributed by atoms with Gasteiger partial charge in [-0.25, -0.2) is 0 Å². The van der Waals surface area contributed by atoms with E-state index in [4.69, 9.17) is 4.74 Å². The Hall–Kier alpha value is -1.24. The normalized spacial score (nSPS) is 57.2. The smallest absolute Gasteiger partial charge is 0.242 e. The number of hydrogen-bond acceptors (Lipinski definition) is 5. The Morgan fingerprint density at radius 2 is 1.96 bits per heavy atom. The molecular formula is C22H31NO5. The van der Waals surface area contributed by atoms with Crippen molar-refractivity contribution in [2.24, 2.45) is 40.4 Å². The van der Waals surface area contributed by atoms with E-state index in [-0.39, 0.29) is 17.6 Å². The Morgan fingerprint density at radius 1 is 1.25 bits per heavy atom. The number of carbonyl (C=O) groups excluding carboxylic acids is 2. The van der Waals surface area contributed by atoms with Crippen LogP contribution in [0.3, 0.4) is 0 Å². The molecule has 1 amide bonds. The van der Waals surface area contributed by atoms with Crippen LogP contribution in [-0.2, 0) is 14.3 Å². The zero-order chi connectivity index (χ0) is 20.2. The van der Waals surface area contributed by atoms with Crippen LogP contribution in [0, 0.1) is 40.4 Å². The molecule has 5 rings (SSSR count). The number of nitrogens with zero attached hydrogens (tertiary/aromatic N) is 1. The number of likely N-dealkylation sites (tertiary alicyclic amines) is 1. The van der Waals surface area contributed by atoms with E-state index in [1.807, 2.05) is 13.8 Å². The van der Waals surface area contributed by atoms with Gasteiger partial charge in [0.1, 0.15) is 6.04 Å². The molecule has 5 aliphatic rings. The number of allylic oxidation sites excluding steroid dienone is 2. The number of ketones is 1. The van der Waals surface area contributed by atoms with E-state index < -0.39 is 47.2 Å². The number of aliphatic hydroxyl groups is 2. The SMILES string of the molecule is C[C@H]1CC[C@H]2[C@@H](C=C[C@@H]3[C@H]4[C@@H](C)O[C@]5(O)[C@@H](CO)N(C)C(=O)[C@@]45C(=O)[C@@]32C)C1. The highest BCUT2D eigenvalue weighted by Crippen LogP contribution is 2.72. The third kappa shape index (κ3) is 1.70. The molecule has 0 aromatic rings. The van der Waals surface area contributed by atoms with Gasteiger partial charge in [-0.1, -0.05) is 32.4 Å². The summed E-state index contributed by atoms with van der Waals surface area (Å²) in [6.07, 6.45) is 7.09. The summed E-state index contributed by atoms with van der Waals surface area (Å²) in [7, 11) is 1.55. The predicted octanol–water partition coefficient (Wildman–Crippen LogP) is 1.36. The van der Waals surface area contributed by atoms with Crippen LogP contribution in [0.4, 0.5) is 0 Å². The number of hydrogen-bond donors (Lipinski definition) is 2. The summed E-state index contributed by atoms with van der Waals surface area (Å²) in [5.41, 5.74) is -2.30. The molecule has 10 atom stereocenters. The molecule has 2 aliphatic heterocycles. The Morgan fingerprint density at radius 3 is 2.64 bits per heavy atom. The molecule has 0 radical (unpaired) electrons. The number of likely N-dealkylation sites (N-methyl/N-ethyl adjacent to an activating group) is 1. The Bertz CT molecular complexity index is 781. The molecule has 1 spiro atoms. The van der Waals surface area contributed by atoms with Gasteiger partial charge in [-0.3, -0.25) is 9.59 Å². The first-order chi connectivity index (χ1) is 13.2. The first kappa shape index (κ1) is 18.8. The van der Waals surface area contributed by atoms with Gasteiger partial charge < -0.3 is 19.8 Å². The standard InChI is InChI=1S/C22H31NO5/c1-11-5-7-14-13(9-11)6-8-15-17-12(2)28-22(27)16(10-24)23(4)19(26)21(17,22)18(25)20(14,15)3/h6,8,11-17,24,27H,5,7,9-10H2,1-4H3/t11-,12+,13-,14-,15+,16+,17+,20+,21-,22+/m0/s1.